The fourth-order valence-electron chi connectivity index (χ4n) is 2.92. The van der Waals surface area contributed by atoms with Crippen molar-refractivity contribution in [2.45, 2.75) is 19.4 Å². The van der Waals surface area contributed by atoms with E-state index < -0.39 is 5.97 Å². The van der Waals surface area contributed by atoms with E-state index in [4.69, 9.17) is 9.84 Å². The van der Waals surface area contributed by atoms with Crippen molar-refractivity contribution in [3.63, 3.8) is 0 Å². The molecule has 0 unspecified atom stereocenters. The predicted molar refractivity (Wildman–Crippen MR) is 89.2 cm³/mol. The Labute approximate surface area is 140 Å². The fraction of sp³-hybridized carbons (Fsp3) is 0.263. The lowest BCUT2D eigenvalue weighted by molar-refractivity contribution is -0.131. The minimum Gasteiger partial charge on any atom is -0.497 e. The number of carbonyl (C=O) groups is 2. The second-order valence-corrected chi connectivity index (χ2v) is 5.88. The standard InChI is InChI=1S/C19H19NO4/c1-24-17-7-6-14-8-9-20(12-16(14)11-17)18(21)10-13-2-4-15(5-3-13)19(22)23/h2-7,11H,8-10,12H2,1H3,(H,22,23). The summed E-state index contributed by atoms with van der Waals surface area (Å²) in [4.78, 5) is 25.2. The van der Waals surface area contributed by atoms with Crippen LogP contribution >= 0.6 is 0 Å². The van der Waals surface area contributed by atoms with Gasteiger partial charge >= 0.3 is 5.97 Å². The Hall–Kier alpha value is -2.82. The highest BCUT2D eigenvalue weighted by Gasteiger charge is 2.21. The maximum absolute atomic E-state index is 12.5. The zero-order chi connectivity index (χ0) is 17.1. The first-order chi connectivity index (χ1) is 11.6. The van der Waals surface area contributed by atoms with Gasteiger partial charge < -0.3 is 14.7 Å². The van der Waals surface area contributed by atoms with Crippen LogP contribution in [0.15, 0.2) is 42.5 Å². The largest absolute Gasteiger partial charge is 0.497 e. The molecule has 0 aliphatic carbocycles. The second kappa shape index (κ2) is 6.74. The zero-order valence-corrected chi connectivity index (χ0v) is 13.5. The Kier molecular flexibility index (Phi) is 4.51. The molecule has 1 heterocycles. The van der Waals surface area contributed by atoms with Crippen LogP contribution in [0.25, 0.3) is 0 Å². The van der Waals surface area contributed by atoms with Gasteiger partial charge in [-0.05, 0) is 47.4 Å². The lowest BCUT2D eigenvalue weighted by atomic mass is 9.98. The number of benzene rings is 2. The third kappa shape index (κ3) is 3.40. The minimum atomic E-state index is -0.963. The van der Waals surface area contributed by atoms with Gasteiger partial charge in [-0.1, -0.05) is 18.2 Å². The first kappa shape index (κ1) is 16.1. The van der Waals surface area contributed by atoms with E-state index in [1.165, 1.54) is 17.7 Å². The van der Waals surface area contributed by atoms with Crippen LogP contribution in [0.3, 0.4) is 0 Å². The van der Waals surface area contributed by atoms with Gasteiger partial charge in [0.05, 0.1) is 19.1 Å². The molecule has 0 saturated carbocycles. The van der Waals surface area contributed by atoms with Crippen molar-refractivity contribution in [3.8, 4) is 5.75 Å². The van der Waals surface area contributed by atoms with E-state index in [1.807, 2.05) is 17.0 Å². The van der Waals surface area contributed by atoms with Gasteiger partial charge in [0.2, 0.25) is 5.91 Å². The Morgan fingerprint density at radius 3 is 2.54 bits per heavy atom. The van der Waals surface area contributed by atoms with Crippen molar-refractivity contribution in [1.29, 1.82) is 0 Å². The molecule has 1 N–H and O–H groups in total. The molecule has 3 rings (SSSR count). The van der Waals surface area contributed by atoms with E-state index in [2.05, 4.69) is 6.07 Å². The molecular formula is C19H19NO4. The molecule has 5 nitrogen and oxygen atoms in total. The fourth-order valence-corrected chi connectivity index (χ4v) is 2.92. The van der Waals surface area contributed by atoms with Crippen molar-refractivity contribution in [1.82, 2.24) is 4.90 Å². The number of carboxylic acid groups (broad SMARTS) is 1. The van der Waals surface area contributed by atoms with Crippen LogP contribution in [-0.4, -0.2) is 35.5 Å². The molecular weight excluding hydrogens is 306 g/mol. The number of carbonyl (C=O) groups excluding carboxylic acids is 1. The van der Waals surface area contributed by atoms with Crippen molar-refractivity contribution >= 4 is 11.9 Å². The number of amides is 1. The van der Waals surface area contributed by atoms with E-state index >= 15 is 0 Å². The Morgan fingerprint density at radius 1 is 1.12 bits per heavy atom. The van der Waals surface area contributed by atoms with Gasteiger partial charge in [0.1, 0.15) is 5.75 Å². The summed E-state index contributed by atoms with van der Waals surface area (Å²) in [6, 6.07) is 12.4. The highest BCUT2D eigenvalue weighted by molar-refractivity contribution is 5.87. The van der Waals surface area contributed by atoms with Gasteiger partial charge in [0.15, 0.2) is 0 Å². The number of carboxylic acids is 1. The van der Waals surface area contributed by atoms with E-state index in [0.29, 0.717) is 13.1 Å². The quantitative estimate of drug-likeness (QED) is 0.938. The van der Waals surface area contributed by atoms with E-state index in [-0.39, 0.29) is 17.9 Å². The molecule has 2 aromatic rings. The van der Waals surface area contributed by atoms with E-state index in [9.17, 15) is 9.59 Å². The molecule has 0 aromatic heterocycles. The van der Waals surface area contributed by atoms with E-state index in [0.717, 1.165) is 23.3 Å². The molecule has 1 aliphatic rings. The summed E-state index contributed by atoms with van der Waals surface area (Å²) in [5, 5.41) is 8.91. The Balaban J connectivity index is 1.68. The maximum atomic E-state index is 12.5. The number of methoxy groups -OCH3 is 1. The average Bonchev–Trinajstić information content (AvgIpc) is 2.61. The average molecular weight is 325 g/mol. The van der Waals surface area contributed by atoms with Crippen LogP contribution in [0.4, 0.5) is 0 Å². The molecule has 5 heteroatoms. The summed E-state index contributed by atoms with van der Waals surface area (Å²) in [6.07, 6.45) is 1.11. The van der Waals surface area contributed by atoms with Crippen LogP contribution in [0.5, 0.6) is 5.75 Å². The van der Waals surface area contributed by atoms with Crippen LogP contribution in [0, 0.1) is 0 Å². The molecule has 2 aromatic carbocycles. The number of rotatable bonds is 4. The normalized spacial score (nSPS) is 13.3. The first-order valence-corrected chi connectivity index (χ1v) is 7.82. The Morgan fingerprint density at radius 2 is 1.88 bits per heavy atom. The maximum Gasteiger partial charge on any atom is 0.335 e. The monoisotopic (exact) mass is 325 g/mol. The highest BCUT2D eigenvalue weighted by Crippen LogP contribution is 2.24. The molecule has 0 atom stereocenters. The Bertz CT molecular complexity index is 767. The lowest BCUT2D eigenvalue weighted by Crippen LogP contribution is -2.36. The molecule has 0 bridgehead atoms. The zero-order valence-electron chi connectivity index (χ0n) is 13.5. The van der Waals surface area contributed by atoms with Crippen molar-refractivity contribution in [2.24, 2.45) is 0 Å². The summed E-state index contributed by atoms with van der Waals surface area (Å²) >= 11 is 0. The highest BCUT2D eigenvalue weighted by atomic mass is 16.5. The van der Waals surface area contributed by atoms with Gasteiger partial charge in [0.25, 0.3) is 0 Å². The van der Waals surface area contributed by atoms with Gasteiger partial charge in [-0.2, -0.15) is 0 Å². The summed E-state index contributed by atoms with van der Waals surface area (Å²) in [7, 11) is 1.63. The number of nitrogens with zero attached hydrogens (tertiary/aromatic N) is 1. The number of hydrogen-bond acceptors (Lipinski definition) is 3. The summed E-state index contributed by atoms with van der Waals surface area (Å²) in [5.41, 5.74) is 3.42. The van der Waals surface area contributed by atoms with E-state index in [1.54, 1.807) is 19.2 Å². The molecule has 0 saturated heterocycles. The SMILES string of the molecule is COc1ccc2c(c1)CN(C(=O)Cc1ccc(C(=O)O)cc1)CC2. The van der Waals surface area contributed by atoms with Gasteiger partial charge in [0, 0.05) is 13.1 Å². The van der Waals surface area contributed by atoms with Gasteiger partial charge in [-0.3, -0.25) is 4.79 Å². The van der Waals surface area contributed by atoms with Gasteiger partial charge in [-0.15, -0.1) is 0 Å². The number of hydrogen-bond donors (Lipinski definition) is 1. The first-order valence-electron chi connectivity index (χ1n) is 7.82. The minimum absolute atomic E-state index is 0.0477. The third-order valence-corrected chi connectivity index (χ3v) is 4.33. The number of aromatic carboxylic acids is 1. The molecule has 1 amide bonds. The summed E-state index contributed by atoms with van der Waals surface area (Å²) in [6.45, 7) is 1.28. The molecule has 0 spiro atoms. The van der Waals surface area contributed by atoms with Crippen LogP contribution in [-0.2, 0) is 24.2 Å². The summed E-state index contributed by atoms with van der Waals surface area (Å²) < 4.78 is 5.25. The predicted octanol–water partition coefficient (Wildman–Crippen LogP) is 2.52. The van der Waals surface area contributed by atoms with Crippen LogP contribution in [0.1, 0.15) is 27.0 Å². The van der Waals surface area contributed by atoms with Crippen LogP contribution < -0.4 is 4.74 Å². The lowest BCUT2D eigenvalue weighted by Gasteiger charge is -2.29. The van der Waals surface area contributed by atoms with Crippen molar-refractivity contribution < 1.29 is 19.4 Å². The van der Waals surface area contributed by atoms with Crippen molar-refractivity contribution in [3.05, 3.63) is 64.7 Å². The van der Waals surface area contributed by atoms with Crippen LogP contribution in [0.2, 0.25) is 0 Å². The molecule has 1 aliphatic heterocycles. The molecule has 124 valence electrons. The second-order valence-electron chi connectivity index (χ2n) is 5.88. The third-order valence-electron chi connectivity index (χ3n) is 4.33. The molecule has 0 radical (unpaired) electrons. The number of fused-ring (bicyclic) bond motifs is 1. The molecule has 24 heavy (non-hydrogen) atoms. The van der Waals surface area contributed by atoms with Crippen molar-refractivity contribution in [2.75, 3.05) is 13.7 Å². The molecule has 0 fully saturated rings. The topological polar surface area (TPSA) is 66.8 Å². The summed E-state index contributed by atoms with van der Waals surface area (Å²) in [5.74, 6) is -0.117. The van der Waals surface area contributed by atoms with Gasteiger partial charge in [-0.25, -0.2) is 4.79 Å². The smallest absolute Gasteiger partial charge is 0.335 e. The number of ether oxygens (including phenoxy) is 1.